The molecule has 0 saturated heterocycles. The topological polar surface area (TPSA) is 73.3 Å². The summed E-state index contributed by atoms with van der Waals surface area (Å²) >= 11 is 9.00. The van der Waals surface area contributed by atoms with E-state index in [-0.39, 0.29) is 0 Å². The summed E-state index contributed by atoms with van der Waals surface area (Å²) in [4.78, 5) is 0. The van der Waals surface area contributed by atoms with Crippen molar-refractivity contribution in [3.8, 4) is 28.6 Å². The molecule has 1 aromatic heterocycles. The Labute approximate surface area is 176 Å². The molecule has 0 bridgehead atoms. The molecule has 0 unspecified atom stereocenters. The van der Waals surface area contributed by atoms with Gasteiger partial charge in [0.2, 0.25) is 4.77 Å². The molecule has 9 heteroatoms. The van der Waals surface area contributed by atoms with Gasteiger partial charge in [0.15, 0.2) is 17.3 Å². The first-order valence-electron chi connectivity index (χ1n) is 8.63. The number of methoxy groups -OCH3 is 2. The second-order valence-corrected chi connectivity index (χ2v) is 6.95. The maximum Gasteiger partial charge on any atom is 0.214 e. The summed E-state index contributed by atoms with van der Waals surface area (Å²) < 4.78 is 19.8. The van der Waals surface area contributed by atoms with Gasteiger partial charge in [-0.25, -0.2) is 9.77 Å². The minimum Gasteiger partial charge on any atom is -0.496 e. The SMILES string of the molecule is CCOc1c(OC)ccc(Br)c1CNn1c(-c2ccccc2OC)n[nH]c1=S. The monoisotopic (exact) mass is 464 g/mol. The molecular weight excluding hydrogens is 444 g/mol. The lowest BCUT2D eigenvalue weighted by atomic mass is 10.2. The highest BCUT2D eigenvalue weighted by molar-refractivity contribution is 9.10. The van der Waals surface area contributed by atoms with Crippen LogP contribution < -0.4 is 19.6 Å². The van der Waals surface area contributed by atoms with Gasteiger partial charge in [-0.05, 0) is 43.4 Å². The Morgan fingerprint density at radius 2 is 1.89 bits per heavy atom. The third kappa shape index (κ3) is 4.00. The zero-order chi connectivity index (χ0) is 20.1. The Morgan fingerprint density at radius 1 is 1.14 bits per heavy atom. The lowest BCUT2D eigenvalue weighted by molar-refractivity contribution is 0.307. The van der Waals surface area contributed by atoms with Crippen LogP contribution in [0.2, 0.25) is 0 Å². The molecule has 2 N–H and O–H groups in total. The average molecular weight is 465 g/mol. The Hall–Kier alpha value is -2.52. The summed E-state index contributed by atoms with van der Waals surface area (Å²) in [6.07, 6.45) is 0. The quantitative estimate of drug-likeness (QED) is 0.477. The number of aromatic nitrogens is 3. The van der Waals surface area contributed by atoms with Gasteiger partial charge in [0, 0.05) is 10.0 Å². The number of hydrogen-bond acceptors (Lipinski definition) is 6. The minimum atomic E-state index is 0.434. The van der Waals surface area contributed by atoms with Crippen LogP contribution in [0.4, 0.5) is 0 Å². The molecule has 0 aliphatic rings. The fourth-order valence-corrected chi connectivity index (χ4v) is 3.47. The largest absolute Gasteiger partial charge is 0.496 e. The molecule has 0 aliphatic heterocycles. The molecule has 7 nitrogen and oxygen atoms in total. The van der Waals surface area contributed by atoms with E-state index in [0.717, 1.165) is 15.6 Å². The lowest BCUT2D eigenvalue weighted by Gasteiger charge is -2.17. The molecule has 3 aromatic rings. The molecule has 1 heterocycles. The van der Waals surface area contributed by atoms with Crippen molar-refractivity contribution in [3.63, 3.8) is 0 Å². The smallest absolute Gasteiger partial charge is 0.214 e. The number of ether oxygens (including phenoxy) is 3. The van der Waals surface area contributed by atoms with Crippen molar-refractivity contribution in [2.75, 3.05) is 26.3 Å². The highest BCUT2D eigenvalue weighted by Crippen LogP contribution is 2.36. The summed E-state index contributed by atoms with van der Waals surface area (Å²) in [5.41, 5.74) is 5.05. The summed E-state index contributed by atoms with van der Waals surface area (Å²) in [6.45, 7) is 2.89. The fraction of sp³-hybridized carbons (Fsp3) is 0.263. The number of rotatable bonds is 8. The van der Waals surface area contributed by atoms with Crippen LogP contribution in [-0.4, -0.2) is 35.7 Å². The van der Waals surface area contributed by atoms with Gasteiger partial charge in [-0.3, -0.25) is 0 Å². The van der Waals surface area contributed by atoms with E-state index >= 15 is 0 Å². The van der Waals surface area contributed by atoms with Crippen molar-refractivity contribution in [2.24, 2.45) is 0 Å². The standard InChI is InChI=1S/C19H21BrN4O3S/c1-4-27-17-13(14(20)9-10-16(17)26-3)11-21-24-18(22-23-19(24)28)12-7-5-6-8-15(12)25-2/h5-10,21H,4,11H2,1-3H3,(H,23,28). The molecule has 0 amide bonds. The zero-order valence-electron chi connectivity index (χ0n) is 15.8. The average Bonchev–Trinajstić information content (AvgIpc) is 3.08. The number of benzene rings is 2. The maximum absolute atomic E-state index is 5.82. The van der Waals surface area contributed by atoms with Gasteiger partial charge in [-0.1, -0.05) is 28.1 Å². The van der Waals surface area contributed by atoms with Crippen molar-refractivity contribution in [1.82, 2.24) is 14.9 Å². The highest BCUT2D eigenvalue weighted by atomic mass is 79.9. The van der Waals surface area contributed by atoms with Crippen LogP contribution in [0.5, 0.6) is 17.2 Å². The Kier molecular flexibility index (Phi) is 6.58. The number of nitrogens with zero attached hydrogens (tertiary/aromatic N) is 2. The second-order valence-electron chi connectivity index (χ2n) is 5.71. The highest BCUT2D eigenvalue weighted by Gasteiger charge is 2.17. The molecule has 0 atom stereocenters. The molecule has 0 fully saturated rings. The molecule has 3 rings (SSSR count). The Morgan fingerprint density at radius 3 is 2.61 bits per heavy atom. The van der Waals surface area contributed by atoms with Crippen LogP contribution in [0.3, 0.4) is 0 Å². The predicted molar refractivity (Wildman–Crippen MR) is 114 cm³/mol. The fourth-order valence-electron chi connectivity index (χ4n) is 2.82. The molecule has 28 heavy (non-hydrogen) atoms. The molecule has 0 spiro atoms. The van der Waals surface area contributed by atoms with Crippen LogP contribution in [0, 0.1) is 4.77 Å². The van der Waals surface area contributed by atoms with Gasteiger partial charge in [0.1, 0.15) is 5.75 Å². The minimum absolute atomic E-state index is 0.434. The van der Waals surface area contributed by atoms with Gasteiger partial charge in [0.05, 0.1) is 32.9 Å². The molecule has 148 valence electrons. The van der Waals surface area contributed by atoms with E-state index in [1.54, 1.807) is 18.9 Å². The van der Waals surface area contributed by atoms with Crippen LogP contribution in [0.25, 0.3) is 11.4 Å². The lowest BCUT2D eigenvalue weighted by Crippen LogP contribution is -2.17. The zero-order valence-corrected chi connectivity index (χ0v) is 18.2. The van der Waals surface area contributed by atoms with E-state index in [2.05, 4.69) is 31.6 Å². The van der Waals surface area contributed by atoms with Crippen molar-refractivity contribution >= 4 is 28.1 Å². The summed E-state index contributed by atoms with van der Waals surface area (Å²) in [6, 6.07) is 11.4. The van der Waals surface area contributed by atoms with Gasteiger partial charge in [-0.2, -0.15) is 5.10 Å². The third-order valence-corrected chi connectivity index (χ3v) is 5.13. The number of halogens is 1. The van der Waals surface area contributed by atoms with Gasteiger partial charge in [0.25, 0.3) is 0 Å². The number of H-pyrrole nitrogens is 1. The van der Waals surface area contributed by atoms with Crippen molar-refractivity contribution in [3.05, 3.63) is 51.2 Å². The summed E-state index contributed by atoms with van der Waals surface area (Å²) in [5.74, 6) is 2.68. The van der Waals surface area contributed by atoms with E-state index in [1.807, 2.05) is 43.3 Å². The number of para-hydroxylation sites is 1. The Bertz CT molecular complexity index is 1020. The van der Waals surface area contributed by atoms with Crippen LogP contribution in [-0.2, 0) is 6.54 Å². The van der Waals surface area contributed by atoms with Gasteiger partial charge in [-0.15, -0.1) is 0 Å². The molecule has 0 saturated carbocycles. The first-order valence-corrected chi connectivity index (χ1v) is 9.83. The maximum atomic E-state index is 5.82. The summed E-state index contributed by atoms with van der Waals surface area (Å²) in [5, 5.41) is 7.19. The second kappa shape index (κ2) is 9.11. The number of hydrogen-bond donors (Lipinski definition) is 2. The van der Waals surface area contributed by atoms with Crippen LogP contribution in [0.15, 0.2) is 40.9 Å². The normalized spacial score (nSPS) is 10.6. The van der Waals surface area contributed by atoms with Crippen LogP contribution >= 0.6 is 28.1 Å². The van der Waals surface area contributed by atoms with E-state index < -0.39 is 0 Å². The van der Waals surface area contributed by atoms with Crippen molar-refractivity contribution in [2.45, 2.75) is 13.5 Å². The van der Waals surface area contributed by atoms with E-state index in [4.69, 9.17) is 26.4 Å². The number of nitrogens with one attached hydrogen (secondary N) is 2. The first kappa shape index (κ1) is 20.2. The third-order valence-electron chi connectivity index (χ3n) is 4.11. The number of aromatic amines is 1. The van der Waals surface area contributed by atoms with E-state index in [1.165, 1.54) is 0 Å². The van der Waals surface area contributed by atoms with E-state index in [0.29, 0.717) is 41.0 Å². The van der Waals surface area contributed by atoms with Gasteiger partial charge >= 0.3 is 0 Å². The predicted octanol–water partition coefficient (Wildman–Crippen LogP) is 4.53. The molecular formula is C19H21BrN4O3S. The van der Waals surface area contributed by atoms with Gasteiger partial charge < -0.3 is 19.6 Å². The summed E-state index contributed by atoms with van der Waals surface area (Å²) in [7, 11) is 3.24. The van der Waals surface area contributed by atoms with Crippen molar-refractivity contribution < 1.29 is 14.2 Å². The van der Waals surface area contributed by atoms with Crippen molar-refractivity contribution in [1.29, 1.82) is 0 Å². The van der Waals surface area contributed by atoms with Crippen LogP contribution in [0.1, 0.15) is 12.5 Å². The first-order chi connectivity index (χ1) is 13.6. The molecule has 2 aromatic carbocycles. The van der Waals surface area contributed by atoms with E-state index in [9.17, 15) is 0 Å². The molecule has 0 radical (unpaired) electrons. The Balaban J connectivity index is 1.97. The molecule has 0 aliphatic carbocycles.